The average Bonchev–Trinajstić information content (AvgIpc) is 2.75. The number of morpholine rings is 1. The predicted molar refractivity (Wildman–Crippen MR) is 108 cm³/mol. The molecule has 1 fully saturated rings. The van der Waals surface area contributed by atoms with E-state index in [1.165, 1.54) is 12.4 Å². The number of esters is 1. The molecule has 9 nitrogen and oxygen atoms in total. The van der Waals surface area contributed by atoms with Crippen LogP contribution in [0.3, 0.4) is 0 Å². The number of nitrogens with zero attached hydrogens (tertiary/aromatic N) is 3. The molecule has 9 heteroatoms. The van der Waals surface area contributed by atoms with Crippen LogP contribution in [0.1, 0.15) is 27.6 Å². The first-order chi connectivity index (χ1) is 14.2. The summed E-state index contributed by atoms with van der Waals surface area (Å²) in [5, 5.41) is 5.91. The zero-order valence-electron chi connectivity index (χ0n) is 16.4. The van der Waals surface area contributed by atoms with Crippen LogP contribution in [-0.4, -0.2) is 72.7 Å². The lowest BCUT2D eigenvalue weighted by Gasteiger charge is -2.26. The van der Waals surface area contributed by atoms with E-state index in [2.05, 4.69) is 25.5 Å². The van der Waals surface area contributed by atoms with Crippen molar-refractivity contribution in [1.82, 2.24) is 14.9 Å². The number of hydrogen-bond donors (Lipinski definition) is 2. The number of ether oxygens (including phenoxy) is 2. The fraction of sp³-hybridized carbons (Fsp3) is 0.400. The van der Waals surface area contributed by atoms with E-state index in [0.717, 1.165) is 39.4 Å². The second-order valence-electron chi connectivity index (χ2n) is 6.43. The van der Waals surface area contributed by atoms with Crippen LogP contribution in [0.4, 0.5) is 11.6 Å². The molecule has 0 saturated carbocycles. The van der Waals surface area contributed by atoms with Gasteiger partial charge in [0.1, 0.15) is 0 Å². The van der Waals surface area contributed by atoms with E-state index in [1.54, 1.807) is 31.2 Å². The van der Waals surface area contributed by atoms with Gasteiger partial charge in [-0.2, -0.15) is 0 Å². The van der Waals surface area contributed by atoms with Gasteiger partial charge in [0.2, 0.25) is 5.95 Å². The standard InChI is InChI=1S/C20H25N5O4/c1-2-29-19(27)15-3-5-17(6-4-15)24-18(26)16-13-22-20(23-14-16)21-7-8-25-9-11-28-12-10-25/h3-6,13-14H,2,7-12H2,1H3,(H,24,26)(H,21,22,23). The summed E-state index contributed by atoms with van der Waals surface area (Å²) in [7, 11) is 0. The lowest BCUT2D eigenvalue weighted by molar-refractivity contribution is 0.0398. The van der Waals surface area contributed by atoms with Crippen molar-refractivity contribution in [3.63, 3.8) is 0 Å². The molecule has 0 bridgehead atoms. The Morgan fingerprint density at radius 1 is 1.10 bits per heavy atom. The molecule has 1 aliphatic heterocycles. The van der Waals surface area contributed by atoms with E-state index in [-0.39, 0.29) is 5.91 Å². The fourth-order valence-electron chi connectivity index (χ4n) is 2.79. The highest BCUT2D eigenvalue weighted by Gasteiger charge is 2.11. The summed E-state index contributed by atoms with van der Waals surface area (Å²) >= 11 is 0. The second-order valence-corrected chi connectivity index (χ2v) is 6.43. The summed E-state index contributed by atoms with van der Waals surface area (Å²) in [6, 6.07) is 6.50. The lowest BCUT2D eigenvalue weighted by Crippen LogP contribution is -2.39. The highest BCUT2D eigenvalue weighted by molar-refractivity contribution is 6.04. The molecule has 29 heavy (non-hydrogen) atoms. The number of anilines is 2. The Morgan fingerprint density at radius 2 is 1.79 bits per heavy atom. The molecule has 154 valence electrons. The summed E-state index contributed by atoms with van der Waals surface area (Å²) in [4.78, 5) is 34.7. The van der Waals surface area contributed by atoms with E-state index in [0.29, 0.717) is 29.4 Å². The molecule has 1 amide bonds. The second kappa shape index (κ2) is 10.5. The van der Waals surface area contributed by atoms with Crippen molar-refractivity contribution in [3.05, 3.63) is 47.8 Å². The molecule has 1 aromatic heterocycles. The summed E-state index contributed by atoms with van der Waals surface area (Å²) in [6.45, 7) is 7.08. The third-order valence-electron chi connectivity index (χ3n) is 4.38. The maximum Gasteiger partial charge on any atom is 0.338 e. The molecule has 3 rings (SSSR count). The van der Waals surface area contributed by atoms with E-state index < -0.39 is 5.97 Å². The molecule has 2 aromatic rings. The quantitative estimate of drug-likeness (QED) is 0.646. The van der Waals surface area contributed by atoms with Gasteiger partial charge in [-0.15, -0.1) is 0 Å². The molecule has 1 aliphatic rings. The molecular weight excluding hydrogens is 374 g/mol. The molecule has 0 spiro atoms. The van der Waals surface area contributed by atoms with Gasteiger partial charge in [0.25, 0.3) is 5.91 Å². The van der Waals surface area contributed by atoms with Gasteiger partial charge in [-0.1, -0.05) is 0 Å². The first-order valence-corrected chi connectivity index (χ1v) is 9.60. The van der Waals surface area contributed by atoms with Crippen LogP contribution in [0.15, 0.2) is 36.7 Å². The number of amides is 1. The third-order valence-corrected chi connectivity index (χ3v) is 4.38. The van der Waals surface area contributed by atoms with Crippen molar-refractivity contribution in [3.8, 4) is 0 Å². The molecule has 0 atom stereocenters. The smallest absolute Gasteiger partial charge is 0.338 e. The largest absolute Gasteiger partial charge is 0.462 e. The van der Waals surface area contributed by atoms with Crippen LogP contribution in [0.25, 0.3) is 0 Å². The summed E-state index contributed by atoms with van der Waals surface area (Å²) in [5.74, 6) is -0.238. The fourth-order valence-corrected chi connectivity index (χ4v) is 2.79. The van der Waals surface area contributed by atoms with Gasteiger partial charge in [-0.25, -0.2) is 14.8 Å². The highest BCUT2D eigenvalue weighted by Crippen LogP contribution is 2.12. The molecule has 0 aliphatic carbocycles. The van der Waals surface area contributed by atoms with E-state index in [1.807, 2.05) is 0 Å². The van der Waals surface area contributed by atoms with E-state index in [4.69, 9.17) is 9.47 Å². The van der Waals surface area contributed by atoms with Gasteiger partial charge in [-0.05, 0) is 31.2 Å². The Morgan fingerprint density at radius 3 is 2.45 bits per heavy atom. The zero-order chi connectivity index (χ0) is 20.5. The number of carbonyl (C=O) groups excluding carboxylic acids is 2. The van der Waals surface area contributed by atoms with Gasteiger partial charge in [-0.3, -0.25) is 9.69 Å². The third kappa shape index (κ3) is 6.23. The monoisotopic (exact) mass is 399 g/mol. The Kier molecular flexibility index (Phi) is 7.48. The van der Waals surface area contributed by atoms with Crippen LogP contribution in [0, 0.1) is 0 Å². The predicted octanol–water partition coefficient (Wildman–Crippen LogP) is 1.65. The Hall–Kier alpha value is -3.04. The molecule has 0 unspecified atom stereocenters. The van der Waals surface area contributed by atoms with E-state index >= 15 is 0 Å². The first kappa shape index (κ1) is 20.7. The number of nitrogens with one attached hydrogen (secondary N) is 2. The van der Waals surface area contributed by atoms with Crippen LogP contribution >= 0.6 is 0 Å². The molecule has 2 N–H and O–H groups in total. The van der Waals surface area contributed by atoms with Crippen LogP contribution in [0.2, 0.25) is 0 Å². The SMILES string of the molecule is CCOC(=O)c1ccc(NC(=O)c2cnc(NCCN3CCOCC3)nc2)cc1. The number of rotatable bonds is 8. The maximum atomic E-state index is 12.3. The first-order valence-electron chi connectivity index (χ1n) is 9.60. The van der Waals surface area contributed by atoms with Crippen molar-refractivity contribution in [2.75, 3.05) is 56.6 Å². The Balaban J connectivity index is 1.47. The van der Waals surface area contributed by atoms with Crippen molar-refractivity contribution >= 4 is 23.5 Å². The normalized spacial score (nSPS) is 14.2. The molecule has 1 aromatic carbocycles. The van der Waals surface area contributed by atoms with Gasteiger partial charge < -0.3 is 20.1 Å². The van der Waals surface area contributed by atoms with Crippen LogP contribution < -0.4 is 10.6 Å². The number of carbonyl (C=O) groups is 2. The van der Waals surface area contributed by atoms with Gasteiger partial charge in [0, 0.05) is 44.3 Å². The highest BCUT2D eigenvalue weighted by atomic mass is 16.5. The lowest BCUT2D eigenvalue weighted by atomic mass is 10.2. The topological polar surface area (TPSA) is 106 Å². The molecule has 1 saturated heterocycles. The van der Waals surface area contributed by atoms with Crippen molar-refractivity contribution in [1.29, 1.82) is 0 Å². The maximum absolute atomic E-state index is 12.3. The number of hydrogen-bond acceptors (Lipinski definition) is 8. The van der Waals surface area contributed by atoms with Crippen molar-refractivity contribution in [2.45, 2.75) is 6.92 Å². The minimum absolute atomic E-state index is 0.315. The molecular formula is C20H25N5O4. The van der Waals surface area contributed by atoms with Crippen LogP contribution in [-0.2, 0) is 9.47 Å². The van der Waals surface area contributed by atoms with Crippen molar-refractivity contribution < 1.29 is 19.1 Å². The minimum atomic E-state index is -0.393. The van der Waals surface area contributed by atoms with Crippen molar-refractivity contribution in [2.24, 2.45) is 0 Å². The number of aromatic nitrogens is 2. The van der Waals surface area contributed by atoms with Gasteiger partial charge in [0.05, 0.1) is 30.9 Å². The van der Waals surface area contributed by atoms with Gasteiger partial charge >= 0.3 is 5.97 Å². The minimum Gasteiger partial charge on any atom is -0.462 e. The Bertz CT molecular complexity index is 805. The molecule has 0 radical (unpaired) electrons. The summed E-state index contributed by atoms with van der Waals surface area (Å²) in [6.07, 6.45) is 2.96. The zero-order valence-corrected chi connectivity index (χ0v) is 16.4. The van der Waals surface area contributed by atoms with E-state index in [9.17, 15) is 9.59 Å². The average molecular weight is 399 g/mol. The summed E-state index contributed by atoms with van der Waals surface area (Å²) in [5.41, 5.74) is 1.34. The summed E-state index contributed by atoms with van der Waals surface area (Å²) < 4.78 is 10.3. The van der Waals surface area contributed by atoms with Gasteiger partial charge in [0.15, 0.2) is 0 Å². The number of benzene rings is 1. The molecule has 2 heterocycles. The van der Waals surface area contributed by atoms with Crippen LogP contribution in [0.5, 0.6) is 0 Å². The Labute approximate surface area is 169 Å².